The van der Waals surface area contributed by atoms with Gasteiger partial charge in [-0.15, -0.1) is 0 Å². The summed E-state index contributed by atoms with van der Waals surface area (Å²) >= 11 is 0. The van der Waals surface area contributed by atoms with Gasteiger partial charge in [0.25, 0.3) is 0 Å². The molecular formula is C16H23N5O. The molecule has 0 N–H and O–H groups in total. The molecular weight excluding hydrogens is 278 g/mol. The van der Waals surface area contributed by atoms with Crippen molar-refractivity contribution in [2.24, 2.45) is 13.0 Å². The Morgan fingerprint density at radius 1 is 1.27 bits per heavy atom. The quantitative estimate of drug-likeness (QED) is 0.849. The molecule has 1 aliphatic heterocycles. The van der Waals surface area contributed by atoms with Crippen molar-refractivity contribution in [2.45, 2.75) is 19.9 Å². The Morgan fingerprint density at radius 2 is 2.18 bits per heavy atom. The standard InChI is InChI=1S/C16H23N5O/c1-13-6-19-15(7-18-13)5-14-9-21(3-4-22-11-14)10-16-8-17-12-20(16)2/h6-8,12,14H,3-5,9-11H2,1-2H3. The first-order valence-corrected chi connectivity index (χ1v) is 7.73. The smallest absolute Gasteiger partial charge is 0.0945 e. The highest BCUT2D eigenvalue weighted by atomic mass is 16.5. The highest BCUT2D eigenvalue weighted by Crippen LogP contribution is 2.14. The number of ether oxygens (including phenoxy) is 1. The van der Waals surface area contributed by atoms with Gasteiger partial charge in [-0.3, -0.25) is 14.9 Å². The van der Waals surface area contributed by atoms with Crippen LogP contribution in [0, 0.1) is 12.8 Å². The van der Waals surface area contributed by atoms with Crippen LogP contribution < -0.4 is 0 Å². The lowest BCUT2D eigenvalue weighted by molar-refractivity contribution is 0.121. The average molecular weight is 301 g/mol. The number of hydrogen-bond donors (Lipinski definition) is 0. The molecule has 1 fully saturated rings. The van der Waals surface area contributed by atoms with Crippen molar-refractivity contribution in [3.63, 3.8) is 0 Å². The number of rotatable bonds is 4. The van der Waals surface area contributed by atoms with Crippen LogP contribution in [0.3, 0.4) is 0 Å². The lowest BCUT2D eigenvalue weighted by atomic mass is 10.0. The van der Waals surface area contributed by atoms with Crippen molar-refractivity contribution >= 4 is 0 Å². The lowest BCUT2D eigenvalue weighted by Crippen LogP contribution is -2.31. The molecule has 2 aromatic heterocycles. The highest BCUT2D eigenvalue weighted by molar-refractivity contribution is 5.02. The van der Waals surface area contributed by atoms with Crippen molar-refractivity contribution in [3.05, 3.63) is 42.0 Å². The fourth-order valence-electron chi connectivity index (χ4n) is 2.81. The molecule has 6 heteroatoms. The van der Waals surface area contributed by atoms with Crippen molar-refractivity contribution < 1.29 is 4.74 Å². The largest absolute Gasteiger partial charge is 0.380 e. The second-order valence-corrected chi connectivity index (χ2v) is 6.03. The van der Waals surface area contributed by atoms with Crippen LogP contribution in [0.25, 0.3) is 0 Å². The number of hydrogen-bond acceptors (Lipinski definition) is 5. The third-order valence-electron chi connectivity index (χ3n) is 4.06. The Bertz CT molecular complexity index is 595. The molecule has 0 bridgehead atoms. The summed E-state index contributed by atoms with van der Waals surface area (Å²) in [4.78, 5) is 15.4. The predicted octanol–water partition coefficient (Wildman–Crippen LogP) is 1.21. The summed E-state index contributed by atoms with van der Waals surface area (Å²) in [5.41, 5.74) is 3.23. The Labute approximate surface area is 131 Å². The van der Waals surface area contributed by atoms with E-state index in [1.165, 1.54) is 5.69 Å². The Hall–Kier alpha value is -1.79. The summed E-state index contributed by atoms with van der Waals surface area (Å²) in [6.07, 6.45) is 8.41. The maximum absolute atomic E-state index is 5.77. The topological polar surface area (TPSA) is 56.1 Å². The number of nitrogens with zero attached hydrogens (tertiary/aromatic N) is 5. The molecule has 1 aliphatic rings. The summed E-state index contributed by atoms with van der Waals surface area (Å²) in [7, 11) is 2.04. The Morgan fingerprint density at radius 3 is 2.91 bits per heavy atom. The van der Waals surface area contributed by atoms with E-state index in [0.29, 0.717) is 5.92 Å². The maximum Gasteiger partial charge on any atom is 0.0945 e. The fourth-order valence-corrected chi connectivity index (χ4v) is 2.81. The second-order valence-electron chi connectivity index (χ2n) is 6.03. The van der Waals surface area contributed by atoms with Gasteiger partial charge in [0.1, 0.15) is 0 Å². The zero-order valence-corrected chi connectivity index (χ0v) is 13.3. The molecule has 0 spiro atoms. The van der Waals surface area contributed by atoms with E-state index in [1.54, 1.807) is 0 Å². The SMILES string of the molecule is Cc1cnc(CC2COCCN(Cc3cncn3C)C2)cn1. The van der Waals surface area contributed by atoms with Gasteiger partial charge in [-0.1, -0.05) is 0 Å². The van der Waals surface area contributed by atoms with Crippen LogP contribution >= 0.6 is 0 Å². The van der Waals surface area contributed by atoms with E-state index < -0.39 is 0 Å². The molecule has 1 unspecified atom stereocenters. The first kappa shape index (κ1) is 15.1. The summed E-state index contributed by atoms with van der Waals surface area (Å²) < 4.78 is 7.85. The second kappa shape index (κ2) is 6.98. The fraction of sp³-hybridized carbons (Fsp3) is 0.562. The third-order valence-corrected chi connectivity index (χ3v) is 4.06. The highest BCUT2D eigenvalue weighted by Gasteiger charge is 2.20. The van der Waals surface area contributed by atoms with E-state index in [9.17, 15) is 0 Å². The monoisotopic (exact) mass is 301 g/mol. The molecule has 1 atom stereocenters. The van der Waals surface area contributed by atoms with Gasteiger partial charge in [-0.25, -0.2) is 4.98 Å². The first-order chi connectivity index (χ1) is 10.7. The number of aryl methyl sites for hydroxylation is 2. The van der Waals surface area contributed by atoms with Gasteiger partial charge in [-0.2, -0.15) is 0 Å². The van der Waals surface area contributed by atoms with Crippen LogP contribution in [-0.2, 0) is 24.8 Å². The zero-order chi connectivity index (χ0) is 15.4. The lowest BCUT2D eigenvalue weighted by Gasteiger charge is -2.23. The minimum absolute atomic E-state index is 0.452. The van der Waals surface area contributed by atoms with Crippen LogP contribution in [0.4, 0.5) is 0 Å². The Kier molecular flexibility index (Phi) is 4.80. The molecule has 0 aromatic carbocycles. The predicted molar refractivity (Wildman–Crippen MR) is 83.3 cm³/mol. The minimum atomic E-state index is 0.452. The van der Waals surface area contributed by atoms with E-state index in [0.717, 1.165) is 50.7 Å². The molecule has 118 valence electrons. The van der Waals surface area contributed by atoms with Crippen molar-refractivity contribution in [1.82, 2.24) is 24.4 Å². The molecule has 0 amide bonds. The molecule has 0 aliphatic carbocycles. The van der Waals surface area contributed by atoms with Crippen molar-refractivity contribution in [1.29, 1.82) is 0 Å². The van der Waals surface area contributed by atoms with Gasteiger partial charge < -0.3 is 9.30 Å². The molecule has 0 saturated carbocycles. The Balaban J connectivity index is 1.62. The summed E-state index contributed by atoms with van der Waals surface area (Å²) in [5, 5.41) is 0. The van der Waals surface area contributed by atoms with Gasteiger partial charge in [-0.05, 0) is 13.3 Å². The molecule has 0 radical (unpaired) electrons. The van der Waals surface area contributed by atoms with Crippen molar-refractivity contribution in [2.75, 3.05) is 26.3 Å². The summed E-state index contributed by atoms with van der Waals surface area (Å²) in [5.74, 6) is 0.452. The van der Waals surface area contributed by atoms with E-state index >= 15 is 0 Å². The van der Waals surface area contributed by atoms with Crippen LogP contribution in [-0.4, -0.2) is 50.7 Å². The average Bonchev–Trinajstić information content (AvgIpc) is 2.78. The third kappa shape index (κ3) is 3.90. The van der Waals surface area contributed by atoms with Crippen LogP contribution in [0.1, 0.15) is 17.1 Å². The molecule has 3 heterocycles. The van der Waals surface area contributed by atoms with Gasteiger partial charge in [0.05, 0.1) is 36.6 Å². The molecule has 22 heavy (non-hydrogen) atoms. The van der Waals surface area contributed by atoms with Gasteiger partial charge >= 0.3 is 0 Å². The molecule has 1 saturated heterocycles. The molecule has 3 rings (SSSR count). The van der Waals surface area contributed by atoms with Crippen LogP contribution in [0.2, 0.25) is 0 Å². The van der Waals surface area contributed by atoms with E-state index in [-0.39, 0.29) is 0 Å². The normalized spacial score (nSPS) is 20.0. The molecule has 2 aromatic rings. The van der Waals surface area contributed by atoms with Crippen LogP contribution in [0.15, 0.2) is 24.9 Å². The van der Waals surface area contributed by atoms with E-state index in [2.05, 4.69) is 24.4 Å². The van der Waals surface area contributed by atoms with E-state index in [4.69, 9.17) is 4.74 Å². The first-order valence-electron chi connectivity index (χ1n) is 7.73. The van der Waals surface area contributed by atoms with Gasteiger partial charge in [0.2, 0.25) is 0 Å². The number of imidazole rings is 1. The zero-order valence-electron chi connectivity index (χ0n) is 13.3. The molecule has 6 nitrogen and oxygen atoms in total. The minimum Gasteiger partial charge on any atom is -0.380 e. The van der Waals surface area contributed by atoms with Crippen LogP contribution in [0.5, 0.6) is 0 Å². The van der Waals surface area contributed by atoms with Crippen molar-refractivity contribution in [3.8, 4) is 0 Å². The van der Waals surface area contributed by atoms with Gasteiger partial charge in [0, 0.05) is 51.2 Å². The summed E-state index contributed by atoms with van der Waals surface area (Å²) in [6, 6.07) is 0. The maximum atomic E-state index is 5.77. The number of aromatic nitrogens is 4. The van der Waals surface area contributed by atoms with Gasteiger partial charge in [0.15, 0.2) is 0 Å². The summed E-state index contributed by atoms with van der Waals surface area (Å²) in [6.45, 7) is 6.42. The van der Waals surface area contributed by atoms with E-state index in [1.807, 2.05) is 38.9 Å².